The average molecular weight is 691 g/mol. The molecule has 0 fully saturated rings. The maximum atomic E-state index is 16.0. The fraction of sp³-hybridized carbons (Fsp3) is 0.500. The van der Waals surface area contributed by atoms with E-state index < -0.39 is 53.4 Å². The van der Waals surface area contributed by atoms with Gasteiger partial charge in [-0.3, -0.25) is 9.59 Å². The van der Waals surface area contributed by atoms with Gasteiger partial charge in [0.1, 0.15) is 11.6 Å². The molecule has 2 aromatic rings. The van der Waals surface area contributed by atoms with E-state index in [9.17, 15) is 32.7 Å². The molecule has 3 rings (SSSR count). The van der Waals surface area contributed by atoms with Gasteiger partial charge < -0.3 is 19.3 Å². The molecule has 0 radical (unpaired) electrons. The maximum absolute atomic E-state index is 16.0. The van der Waals surface area contributed by atoms with Crippen molar-refractivity contribution in [1.29, 1.82) is 0 Å². The van der Waals surface area contributed by atoms with Gasteiger partial charge in [0.05, 0.1) is 5.56 Å². The predicted molar refractivity (Wildman–Crippen MR) is 177 cm³/mol. The number of halogens is 4. The number of unbranched alkanes of at least 4 members (excludes halogenated alkanes) is 7. The maximum Gasteiger partial charge on any atom is 0.425 e. The molecule has 7 nitrogen and oxygen atoms in total. The number of carbonyl (C=O) groups is 3. The van der Waals surface area contributed by atoms with Crippen LogP contribution in [-0.2, 0) is 24.5 Å². The third-order valence-corrected chi connectivity index (χ3v) is 8.47. The molecule has 49 heavy (non-hydrogen) atoms. The number of hydrogen-bond donors (Lipinski definition) is 1. The van der Waals surface area contributed by atoms with Gasteiger partial charge in [-0.05, 0) is 61.6 Å². The average Bonchev–Trinajstić information content (AvgIpc) is 3.07. The van der Waals surface area contributed by atoms with Crippen LogP contribution in [-0.4, -0.2) is 48.5 Å². The highest BCUT2D eigenvalue weighted by atomic mass is 19.4. The first-order chi connectivity index (χ1) is 23.4. The molecule has 268 valence electrons. The Bertz CT molecular complexity index is 1430. The summed E-state index contributed by atoms with van der Waals surface area (Å²) in [4.78, 5) is 38.1. The van der Waals surface area contributed by atoms with Gasteiger partial charge in [0, 0.05) is 25.6 Å². The highest BCUT2D eigenvalue weighted by molar-refractivity contribution is 5.97. The Labute approximate surface area is 285 Å². The summed E-state index contributed by atoms with van der Waals surface area (Å²) in [6, 6.07) is 11.4. The number of carbonyl (C=O) groups excluding carboxylic acids is 2. The van der Waals surface area contributed by atoms with E-state index in [1.165, 1.54) is 50.0 Å². The van der Waals surface area contributed by atoms with Crippen molar-refractivity contribution in [3.05, 3.63) is 89.3 Å². The van der Waals surface area contributed by atoms with E-state index in [-0.39, 0.29) is 24.6 Å². The van der Waals surface area contributed by atoms with Crippen LogP contribution in [0.3, 0.4) is 0 Å². The molecule has 0 bridgehead atoms. The van der Waals surface area contributed by atoms with Crippen LogP contribution in [0.4, 0.5) is 17.6 Å². The number of ether oxygens (including phenoxy) is 3. The molecule has 2 aromatic carbocycles. The highest BCUT2D eigenvalue weighted by Gasteiger charge is 2.48. The molecule has 1 aliphatic rings. The van der Waals surface area contributed by atoms with Crippen molar-refractivity contribution < 1.29 is 51.3 Å². The van der Waals surface area contributed by atoms with Gasteiger partial charge in [0.2, 0.25) is 0 Å². The molecule has 1 N–H and O–H groups in total. The third-order valence-electron chi connectivity index (χ3n) is 8.47. The zero-order chi connectivity index (χ0) is 35.9. The lowest BCUT2D eigenvalue weighted by atomic mass is 9.72. The number of esters is 2. The number of carboxylic acid groups (broad SMARTS) is 1. The molecule has 1 aliphatic carbocycles. The highest BCUT2D eigenvalue weighted by Crippen LogP contribution is 2.43. The Morgan fingerprint density at radius 1 is 0.898 bits per heavy atom. The summed E-state index contributed by atoms with van der Waals surface area (Å²) >= 11 is 0. The minimum Gasteiger partial charge on any atom is -0.480 e. The minimum absolute atomic E-state index is 0.0315. The number of alkyl halides is 3. The van der Waals surface area contributed by atoms with Crippen molar-refractivity contribution in [3.8, 4) is 5.75 Å². The first-order valence-corrected chi connectivity index (χ1v) is 17.0. The van der Waals surface area contributed by atoms with Crippen LogP contribution in [0.15, 0.2) is 72.6 Å². The molecule has 3 unspecified atom stereocenters. The Balaban J connectivity index is 1.70. The summed E-state index contributed by atoms with van der Waals surface area (Å²) in [7, 11) is 0. The van der Waals surface area contributed by atoms with Gasteiger partial charge in [0.25, 0.3) is 0 Å². The third kappa shape index (κ3) is 11.3. The van der Waals surface area contributed by atoms with Crippen molar-refractivity contribution in [3.63, 3.8) is 0 Å². The van der Waals surface area contributed by atoms with Crippen molar-refractivity contribution in [2.24, 2.45) is 0 Å². The van der Waals surface area contributed by atoms with Crippen LogP contribution in [0, 0.1) is 0 Å². The standard InChI is InChI=1S/C38H46F4O7/c1-3-5-6-7-8-9-10-11-18-34(43)48-29-21-19-27(20-22-29)28-23-24-37(36(45)46,32(39)26-28)31-16-13-12-15-30(31)35(44)49-33(38(40,41)42)17-14-25-47-4-2/h12-13,15-16,19-24,26,28,33H,3-11,14,17-18,25H2,1-2H3,(H,45,46). The lowest BCUT2D eigenvalue weighted by Gasteiger charge is -2.31. The van der Waals surface area contributed by atoms with Crippen LogP contribution < -0.4 is 4.74 Å². The van der Waals surface area contributed by atoms with E-state index in [4.69, 9.17) is 14.2 Å². The molecule has 0 heterocycles. The SMILES string of the molecule is CCCCCCCCCCC(=O)Oc1ccc(C2C=CC(C(=O)O)(c3ccccc3C(=O)OC(CCCOCC)C(F)(F)F)C(F)=C2)cc1. The van der Waals surface area contributed by atoms with Gasteiger partial charge in [-0.1, -0.05) is 94.4 Å². The number of aliphatic carboxylic acids is 1. The fourth-order valence-corrected chi connectivity index (χ4v) is 5.73. The Hall–Kier alpha value is -3.99. The largest absolute Gasteiger partial charge is 0.480 e. The second-order valence-electron chi connectivity index (χ2n) is 12.1. The number of rotatable bonds is 20. The minimum atomic E-state index is -4.88. The van der Waals surface area contributed by atoms with Crippen molar-refractivity contribution in [2.45, 2.75) is 108 Å². The predicted octanol–water partition coefficient (Wildman–Crippen LogP) is 9.56. The van der Waals surface area contributed by atoms with E-state index in [0.29, 0.717) is 24.3 Å². The molecule has 11 heteroatoms. The smallest absolute Gasteiger partial charge is 0.425 e. The van der Waals surface area contributed by atoms with E-state index in [2.05, 4.69) is 6.92 Å². The topological polar surface area (TPSA) is 99.1 Å². The van der Waals surface area contributed by atoms with E-state index >= 15 is 4.39 Å². The molecule has 0 aliphatic heterocycles. The summed E-state index contributed by atoms with van der Waals surface area (Å²) in [6.45, 7) is 4.22. The first-order valence-electron chi connectivity index (χ1n) is 17.0. The van der Waals surface area contributed by atoms with Crippen LogP contribution in [0.2, 0.25) is 0 Å². The van der Waals surface area contributed by atoms with Crippen LogP contribution in [0.1, 0.15) is 112 Å². The summed E-state index contributed by atoms with van der Waals surface area (Å²) < 4.78 is 72.5. The molecular formula is C38H46F4O7. The summed E-state index contributed by atoms with van der Waals surface area (Å²) in [5.74, 6) is -4.96. The van der Waals surface area contributed by atoms with Crippen LogP contribution in [0.25, 0.3) is 0 Å². The van der Waals surface area contributed by atoms with E-state index in [1.54, 1.807) is 31.2 Å². The zero-order valence-electron chi connectivity index (χ0n) is 28.1. The Kier molecular flexibility index (Phi) is 15.5. The molecule has 0 spiro atoms. The lowest BCUT2D eigenvalue weighted by Crippen LogP contribution is -2.39. The summed E-state index contributed by atoms with van der Waals surface area (Å²) in [5, 5.41) is 10.3. The molecular weight excluding hydrogens is 644 g/mol. The van der Waals surface area contributed by atoms with E-state index in [0.717, 1.165) is 43.9 Å². The van der Waals surface area contributed by atoms with Crippen LogP contribution >= 0.6 is 0 Å². The second kappa shape index (κ2) is 19.3. The van der Waals surface area contributed by atoms with E-state index in [1.807, 2.05) is 0 Å². The first kappa shape index (κ1) is 39.4. The number of allylic oxidation sites excluding steroid dienone is 2. The second-order valence-corrected chi connectivity index (χ2v) is 12.1. The summed E-state index contributed by atoms with van der Waals surface area (Å²) in [6.07, 6.45) is 4.79. The number of benzene rings is 2. The fourth-order valence-electron chi connectivity index (χ4n) is 5.73. The quantitative estimate of drug-likeness (QED) is 0.0486. The molecule has 0 saturated heterocycles. The normalized spacial score (nSPS) is 18.1. The molecule has 0 aromatic heterocycles. The van der Waals surface area contributed by atoms with Gasteiger partial charge in [-0.2, -0.15) is 13.2 Å². The number of carboxylic acids is 1. The van der Waals surface area contributed by atoms with Gasteiger partial charge in [-0.15, -0.1) is 0 Å². The number of hydrogen-bond acceptors (Lipinski definition) is 6. The van der Waals surface area contributed by atoms with Crippen molar-refractivity contribution in [1.82, 2.24) is 0 Å². The van der Waals surface area contributed by atoms with Crippen LogP contribution in [0.5, 0.6) is 5.75 Å². The van der Waals surface area contributed by atoms with Gasteiger partial charge in [-0.25, -0.2) is 9.18 Å². The Morgan fingerprint density at radius 3 is 2.16 bits per heavy atom. The molecule has 0 amide bonds. The monoisotopic (exact) mass is 690 g/mol. The Morgan fingerprint density at radius 2 is 1.55 bits per heavy atom. The molecule has 3 atom stereocenters. The lowest BCUT2D eigenvalue weighted by molar-refractivity contribution is -0.206. The van der Waals surface area contributed by atoms with Crippen molar-refractivity contribution in [2.75, 3.05) is 13.2 Å². The summed E-state index contributed by atoms with van der Waals surface area (Å²) in [5.41, 5.74) is -2.79. The van der Waals surface area contributed by atoms with Crippen molar-refractivity contribution >= 4 is 17.9 Å². The molecule has 0 saturated carbocycles. The van der Waals surface area contributed by atoms with Gasteiger partial charge >= 0.3 is 24.1 Å². The van der Waals surface area contributed by atoms with Gasteiger partial charge in [0.15, 0.2) is 11.5 Å². The zero-order valence-corrected chi connectivity index (χ0v) is 28.1.